The zero-order valence-electron chi connectivity index (χ0n) is 13.5. The van der Waals surface area contributed by atoms with Crippen LogP contribution in [0.4, 0.5) is 0 Å². The molecule has 1 aromatic heterocycles. The van der Waals surface area contributed by atoms with Crippen LogP contribution in [0.25, 0.3) is 10.9 Å². The van der Waals surface area contributed by atoms with E-state index in [0.29, 0.717) is 12.0 Å². The molecule has 0 unspecified atom stereocenters. The zero-order chi connectivity index (χ0) is 17.3. The standard InChI is InChI=1S/C19H19NO4/c1-2-5-15(21)18-16(22)9-12(10-17(18)23)13-8-11-6-3-4-7-14(11)20-19(13)24/h3-4,6-8,12,18H,2,5,9-10H2,1H3,(H,20,24). The van der Waals surface area contributed by atoms with E-state index in [1.165, 1.54) is 0 Å². The number of Topliss-reactive ketones (excluding diaryl/α,β-unsaturated/α-hetero) is 3. The number of hydrogen-bond donors (Lipinski definition) is 1. The van der Waals surface area contributed by atoms with Gasteiger partial charge in [0.1, 0.15) is 5.92 Å². The molecule has 1 heterocycles. The van der Waals surface area contributed by atoms with E-state index >= 15 is 0 Å². The van der Waals surface area contributed by atoms with Crippen molar-refractivity contribution >= 4 is 28.3 Å². The highest BCUT2D eigenvalue weighted by molar-refractivity contribution is 6.21. The van der Waals surface area contributed by atoms with Gasteiger partial charge in [0.25, 0.3) is 5.56 Å². The van der Waals surface area contributed by atoms with Crippen molar-refractivity contribution in [1.82, 2.24) is 4.98 Å². The average Bonchev–Trinajstić information content (AvgIpc) is 2.53. The Labute approximate surface area is 139 Å². The number of carbonyl (C=O) groups excluding carboxylic acids is 3. The van der Waals surface area contributed by atoms with Gasteiger partial charge in [0, 0.05) is 36.3 Å². The third-order valence-corrected chi connectivity index (χ3v) is 4.58. The summed E-state index contributed by atoms with van der Waals surface area (Å²) in [5, 5.41) is 0.858. The minimum absolute atomic E-state index is 0.0628. The Morgan fingerprint density at radius 2 is 1.79 bits per heavy atom. The molecule has 1 N–H and O–H groups in total. The predicted molar refractivity (Wildman–Crippen MR) is 90.0 cm³/mol. The number of hydrogen-bond acceptors (Lipinski definition) is 4. The van der Waals surface area contributed by atoms with Crippen molar-refractivity contribution in [2.75, 3.05) is 0 Å². The van der Waals surface area contributed by atoms with Crippen LogP contribution in [0.5, 0.6) is 0 Å². The van der Waals surface area contributed by atoms with Gasteiger partial charge in [-0.1, -0.05) is 25.1 Å². The molecule has 1 aliphatic carbocycles. The van der Waals surface area contributed by atoms with E-state index in [9.17, 15) is 19.2 Å². The Balaban J connectivity index is 1.91. The lowest BCUT2D eigenvalue weighted by atomic mass is 9.75. The SMILES string of the molecule is CCCC(=O)C1C(=O)CC(c2cc3ccccc3[nH]c2=O)CC1=O. The molecule has 1 saturated carbocycles. The maximum absolute atomic E-state index is 12.3. The molecule has 5 heteroatoms. The number of aromatic nitrogens is 1. The number of carbonyl (C=O) groups is 3. The first kappa shape index (κ1) is 16.3. The maximum atomic E-state index is 12.3. The third-order valence-electron chi connectivity index (χ3n) is 4.58. The largest absolute Gasteiger partial charge is 0.322 e. The molecular formula is C19H19NO4. The minimum atomic E-state index is -1.12. The van der Waals surface area contributed by atoms with E-state index in [4.69, 9.17) is 0 Å². The van der Waals surface area contributed by atoms with Gasteiger partial charge in [-0.2, -0.15) is 0 Å². The Morgan fingerprint density at radius 3 is 2.46 bits per heavy atom. The van der Waals surface area contributed by atoms with Crippen molar-refractivity contribution in [3.8, 4) is 0 Å². The third kappa shape index (κ3) is 2.94. The minimum Gasteiger partial charge on any atom is -0.322 e. The molecule has 1 aromatic carbocycles. The average molecular weight is 325 g/mol. The Bertz CT molecular complexity index is 862. The van der Waals surface area contributed by atoms with Gasteiger partial charge in [-0.25, -0.2) is 0 Å². The van der Waals surface area contributed by atoms with Crippen LogP contribution in [0.15, 0.2) is 35.1 Å². The van der Waals surface area contributed by atoms with Crippen LogP contribution >= 0.6 is 0 Å². The Hall–Kier alpha value is -2.56. The van der Waals surface area contributed by atoms with Crippen molar-refractivity contribution in [3.05, 3.63) is 46.2 Å². The second-order valence-electron chi connectivity index (χ2n) is 6.33. The predicted octanol–water partition coefficient (Wildman–Crippen LogP) is 2.53. The van der Waals surface area contributed by atoms with Crippen molar-refractivity contribution in [3.63, 3.8) is 0 Å². The summed E-state index contributed by atoms with van der Waals surface area (Å²) in [6.45, 7) is 1.84. The van der Waals surface area contributed by atoms with Crippen LogP contribution < -0.4 is 5.56 Å². The van der Waals surface area contributed by atoms with Gasteiger partial charge < -0.3 is 4.98 Å². The number of pyridine rings is 1. The van der Waals surface area contributed by atoms with E-state index in [-0.39, 0.29) is 42.2 Å². The van der Waals surface area contributed by atoms with E-state index in [1.54, 1.807) is 12.1 Å². The lowest BCUT2D eigenvalue weighted by molar-refractivity contribution is -0.142. The second-order valence-corrected chi connectivity index (χ2v) is 6.33. The van der Waals surface area contributed by atoms with Crippen LogP contribution in [-0.4, -0.2) is 22.3 Å². The number of nitrogens with one attached hydrogen (secondary N) is 1. The molecule has 24 heavy (non-hydrogen) atoms. The summed E-state index contributed by atoms with van der Waals surface area (Å²) < 4.78 is 0. The van der Waals surface area contributed by atoms with Crippen LogP contribution in [0.3, 0.4) is 0 Å². The smallest absolute Gasteiger partial charge is 0.251 e. The molecule has 0 spiro atoms. The molecule has 0 atom stereocenters. The molecule has 2 aromatic rings. The van der Waals surface area contributed by atoms with Crippen LogP contribution in [-0.2, 0) is 14.4 Å². The number of ketones is 3. The van der Waals surface area contributed by atoms with E-state index in [0.717, 1.165) is 10.9 Å². The highest BCUT2D eigenvalue weighted by atomic mass is 16.2. The Kier molecular flexibility index (Phi) is 4.42. The van der Waals surface area contributed by atoms with Gasteiger partial charge >= 0.3 is 0 Å². The molecule has 5 nitrogen and oxygen atoms in total. The fourth-order valence-electron chi connectivity index (χ4n) is 3.41. The first-order valence-electron chi connectivity index (χ1n) is 8.21. The molecule has 0 amide bonds. The van der Waals surface area contributed by atoms with E-state index in [1.807, 2.05) is 25.1 Å². The lowest BCUT2D eigenvalue weighted by Crippen LogP contribution is -2.39. The summed E-state index contributed by atoms with van der Waals surface area (Å²) >= 11 is 0. The maximum Gasteiger partial charge on any atom is 0.251 e. The molecule has 0 radical (unpaired) electrons. The molecule has 0 bridgehead atoms. The van der Waals surface area contributed by atoms with Crippen molar-refractivity contribution in [1.29, 1.82) is 0 Å². The van der Waals surface area contributed by atoms with Gasteiger partial charge in [0.2, 0.25) is 0 Å². The van der Waals surface area contributed by atoms with Gasteiger partial charge in [-0.05, 0) is 23.9 Å². The zero-order valence-corrected chi connectivity index (χ0v) is 13.5. The molecule has 124 valence electrons. The summed E-state index contributed by atoms with van der Waals surface area (Å²) in [5.41, 5.74) is 0.880. The fraction of sp³-hybridized carbons (Fsp3) is 0.368. The number of aromatic amines is 1. The van der Waals surface area contributed by atoms with Crippen molar-refractivity contribution < 1.29 is 14.4 Å². The number of para-hydroxylation sites is 1. The second kappa shape index (κ2) is 6.51. The van der Waals surface area contributed by atoms with E-state index in [2.05, 4.69) is 4.98 Å². The molecule has 0 aliphatic heterocycles. The number of benzene rings is 1. The number of H-pyrrole nitrogens is 1. The van der Waals surface area contributed by atoms with Crippen molar-refractivity contribution in [2.45, 2.75) is 38.5 Å². The summed E-state index contributed by atoms with van der Waals surface area (Å²) in [4.78, 5) is 51.8. The molecule has 1 fully saturated rings. The summed E-state index contributed by atoms with van der Waals surface area (Å²) in [5.74, 6) is -2.59. The molecule has 3 rings (SSSR count). The highest BCUT2D eigenvalue weighted by Crippen LogP contribution is 2.32. The quantitative estimate of drug-likeness (QED) is 0.876. The highest BCUT2D eigenvalue weighted by Gasteiger charge is 2.40. The topological polar surface area (TPSA) is 84.1 Å². The van der Waals surface area contributed by atoms with Gasteiger partial charge in [-0.3, -0.25) is 19.2 Å². The van der Waals surface area contributed by atoms with Crippen molar-refractivity contribution in [2.24, 2.45) is 5.92 Å². The summed E-state index contributed by atoms with van der Waals surface area (Å²) in [7, 11) is 0. The van der Waals surface area contributed by atoms with Gasteiger partial charge in [0.15, 0.2) is 17.3 Å². The Morgan fingerprint density at radius 1 is 1.12 bits per heavy atom. The molecular weight excluding hydrogens is 306 g/mol. The first-order chi connectivity index (χ1) is 11.5. The van der Waals surface area contributed by atoms with Crippen LogP contribution in [0.2, 0.25) is 0 Å². The lowest BCUT2D eigenvalue weighted by Gasteiger charge is -2.25. The normalized spacial score (nSPS) is 21.2. The monoisotopic (exact) mass is 325 g/mol. The van der Waals surface area contributed by atoms with Crippen LogP contribution in [0.1, 0.15) is 44.1 Å². The van der Waals surface area contributed by atoms with Gasteiger partial charge in [0.05, 0.1) is 0 Å². The number of rotatable bonds is 4. The summed E-state index contributed by atoms with van der Waals surface area (Å²) in [6.07, 6.45) is 0.980. The fourth-order valence-corrected chi connectivity index (χ4v) is 3.41. The molecule has 0 saturated heterocycles. The summed E-state index contributed by atoms with van der Waals surface area (Å²) in [6, 6.07) is 9.11. The van der Waals surface area contributed by atoms with Gasteiger partial charge in [-0.15, -0.1) is 0 Å². The number of fused-ring (bicyclic) bond motifs is 1. The first-order valence-corrected chi connectivity index (χ1v) is 8.21. The van der Waals surface area contributed by atoms with Crippen LogP contribution in [0, 0.1) is 5.92 Å². The van der Waals surface area contributed by atoms with E-state index < -0.39 is 11.8 Å². The molecule has 1 aliphatic rings.